The predicted octanol–water partition coefficient (Wildman–Crippen LogP) is 0.663. The number of anilines is 1. The lowest BCUT2D eigenvalue weighted by molar-refractivity contribution is 0.309. The molecule has 0 aliphatic carbocycles. The number of benzene rings is 1. The van der Waals surface area contributed by atoms with Crippen molar-refractivity contribution in [1.29, 1.82) is 0 Å². The van der Waals surface area contributed by atoms with Crippen molar-refractivity contribution in [3.63, 3.8) is 0 Å². The number of hydrogen-bond donors (Lipinski definition) is 1. The summed E-state index contributed by atoms with van der Waals surface area (Å²) in [4.78, 5) is 0.325. The molecule has 2 N–H and O–H groups in total. The zero-order chi connectivity index (χ0) is 10.2. The van der Waals surface area contributed by atoms with Crippen LogP contribution in [-0.4, -0.2) is 25.8 Å². The normalized spacial score (nSPS) is 17.7. The molecule has 0 unspecified atom stereocenters. The summed E-state index contributed by atoms with van der Waals surface area (Å²) in [6.07, 6.45) is 0.953. The Bertz CT molecular complexity index is 421. The van der Waals surface area contributed by atoms with Gasteiger partial charge in [0.2, 0.25) is 10.0 Å². The molecule has 1 fully saturated rings. The van der Waals surface area contributed by atoms with Crippen molar-refractivity contribution in [2.24, 2.45) is 0 Å². The summed E-state index contributed by atoms with van der Waals surface area (Å²) in [5.41, 5.74) is 6.06. The molecule has 4 nitrogen and oxygen atoms in total. The Morgan fingerprint density at radius 1 is 1.14 bits per heavy atom. The minimum atomic E-state index is -3.24. The highest BCUT2D eigenvalue weighted by Gasteiger charge is 2.28. The first-order chi connectivity index (χ1) is 6.60. The standard InChI is InChI=1S/C9H12N2O2S/c10-8-2-4-9(5-3-8)14(12,13)11-6-1-7-11/h2-5H,1,6-7,10H2. The van der Waals surface area contributed by atoms with Crippen LogP contribution >= 0.6 is 0 Å². The molecule has 0 radical (unpaired) electrons. The summed E-state index contributed by atoms with van der Waals surface area (Å²) < 4.78 is 25.1. The van der Waals surface area contributed by atoms with Crippen molar-refractivity contribution in [3.05, 3.63) is 24.3 Å². The van der Waals surface area contributed by atoms with Crippen LogP contribution in [0.25, 0.3) is 0 Å². The van der Waals surface area contributed by atoms with Crippen LogP contribution in [0, 0.1) is 0 Å². The Balaban J connectivity index is 2.34. The third-order valence-electron chi connectivity index (χ3n) is 2.33. The van der Waals surface area contributed by atoms with Gasteiger partial charge >= 0.3 is 0 Å². The third-order valence-corrected chi connectivity index (χ3v) is 4.25. The topological polar surface area (TPSA) is 63.4 Å². The van der Waals surface area contributed by atoms with E-state index in [1.165, 1.54) is 4.31 Å². The van der Waals surface area contributed by atoms with E-state index in [2.05, 4.69) is 0 Å². The van der Waals surface area contributed by atoms with E-state index in [-0.39, 0.29) is 0 Å². The highest BCUT2D eigenvalue weighted by Crippen LogP contribution is 2.21. The van der Waals surface area contributed by atoms with Gasteiger partial charge in [0.25, 0.3) is 0 Å². The predicted molar refractivity (Wildman–Crippen MR) is 54.2 cm³/mol. The van der Waals surface area contributed by atoms with Gasteiger partial charge in [0.05, 0.1) is 4.90 Å². The fourth-order valence-electron chi connectivity index (χ4n) is 1.32. The summed E-state index contributed by atoms with van der Waals surface area (Å²) in [6.45, 7) is 1.26. The minimum absolute atomic E-state index is 0.325. The molecule has 0 atom stereocenters. The van der Waals surface area contributed by atoms with Gasteiger partial charge in [-0.15, -0.1) is 0 Å². The molecule has 1 aliphatic rings. The lowest BCUT2D eigenvalue weighted by Crippen LogP contribution is -2.41. The van der Waals surface area contributed by atoms with E-state index in [1.807, 2.05) is 0 Å². The number of nitrogens with zero attached hydrogens (tertiary/aromatic N) is 1. The molecular formula is C9H12N2O2S. The number of hydrogen-bond acceptors (Lipinski definition) is 3. The maximum atomic E-state index is 11.8. The van der Waals surface area contributed by atoms with E-state index in [1.54, 1.807) is 24.3 Å². The Hall–Kier alpha value is -1.07. The van der Waals surface area contributed by atoms with E-state index in [4.69, 9.17) is 5.73 Å². The van der Waals surface area contributed by atoms with Gasteiger partial charge in [0, 0.05) is 18.8 Å². The Labute approximate surface area is 83.4 Å². The molecular weight excluding hydrogens is 200 g/mol. The number of sulfonamides is 1. The van der Waals surface area contributed by atoms with Gasteiger partial charge in [0.1, 0.15) is 0 Å². The molecule has 0 aromatic heterocycles. The number of nitrogens with two attached hydrogens (primary N) is 1. The quantitative estimate of drug-likeness (QED) is 0.733. The Morgan fingerprint density at radius 2 is 1.71 bits per heavy atom. The lowest BCUT2D eigenvalue weighted by Gasteiger charge is -2.29. The second-order valence-electron chi connectivity index (χ2n) is 3.33. The maximum absolute atomic E-state index is 11.8. The van der Waals surface area contributed by atoms with Crippen molar-refractivity contribution >= 4 is 15.7 Å². The molecule has 0 bridgehead atoms. The van der Waals surface area contributed by atoms with E-state index < -0.39 is 10.0 Å². The Morgan fingerprint density at radius 3 is 2.14 bits per heavy atom. The van der Waals surface area contributed by atoms with E-state index in [0.29, 0.717) is 23.7 Å². The SMILES string of the molecule is Nc1ccc(S(=O)(=O)N2CCC2)cc1. The zero-order valence-electron chi connectivity index (χ0n) is 7.68. The van der Waals surface area contributed by atoms with Gasteiger partial charge in [-0.25, -0.2) is 8.42 Å². The molecule has 1 saturated heterocycles. The van der Waals surface area contributed by atoms with Crippen molar-refractivity contribution in [2.45, 2.75) is 11.3 Å². The highest BCUT2D eigenvalue weighted by atomic mass is 32.2. The average Bonchev–Trinajstić information content (AvgIpc) is 2.00. The van der Waals surface area contributed by atoms with Crippen LogP contribution in [0.15, 0.2) is 29.2 Å². The number of nitrogen functional groups attached to an aromatic ring is 1. The molecule has 0 spiro atoms. The smallest absolute Gasteiger partial charge is 0.243 e. The van der Waals surface area contributed by atoms with Crippen LogP contribution < -0.4 is 5.73 Å². The molecule has 76 valence electrons. The summed E-state index contributed by atoms with van der Waals surface area (Å²) in [5, 5.41) is 0. The molecule has 14 heavy (non-hydrogen) atoms. The first-order valence-electron chi connectivity index (χ1n) is 4.46. The van der Waals surface area contributed by atoms with Gasteiger partial charge in [0.15, 0.2) is 0 Å². The molecule has 2 rings (SSSR count). The van der Waals surface area contributed by atoms with Gasteiger partial charge in [-0.1, -0.05) is 0 Å². The van der Waals surface area contributed by atoms with Crippen molar-refractivity contribution < 1.29 is 8.42 Å². The minimum Gasteiger partial charge on any atom is -0.399 e. The van der Waals surface area contributed by atoms with Gasteiger partial charge in [-0.2, -0.15) is 4.31 Å². The second-order valence-corrected chi connectivity index (χ2v) is 5.26. The van der Waals surface area contributed by atoms with Crippen molar-refractivity contribution in [2.75, 3.05) is 18.8 Å². The molecule has 1 aromatic rings. The molecule has 1 aromatic carbocycles. The van der Waals surface area contributed by atoms with Crippen LogP contribution in [-0.2, 0) is 10.0 Å². The van der Waals surface area contributed by atoms with E-state index in [9.17, 15) is 8.42 Å². The fourth-order valence-corrected chi connectivity index (χ4v) is 2.83. The summed E-state index contributed by atoms with van der Waals surface area (Å²) in [5.74, 6) is 0. The monoisotopic (exact) mass is 212 g/mol. The van der Waals surface area contributed by atoms with Crippen LogP contribution in [0.5, 0.6) is 0 Å². The lowest BCUT2D eigenvalue weighted by atomic mass is 10.3. The molecule has 0 amide bonds. The van der Waals surface area contributed by atoms with Crippen LogP contribution in [0.3, 0.4) is 0 Å². The zero-order valence-corrected chi connectivity index (χ0v) is 8.50. The van der Waals surface area contributed by atoms with Crippen LogP contribution in [0.2, 0.25) is 0 Å². The molecule has 1 aliphatic heterocycles. The second kappa shape index (κ2) is 3.25. The molecule has 0 saturated carbocycles. The van der Waals surface area contributed by atoms with Gasteiger partial charge in [-0.05, 0) is 30.7 Å². The van der Waals surface area contributed by atoms with Crippen molar-refractivity contribution in [3.8, 4) is 0 Å². The maximum Gasteiger partial charge on any atom is 0.243 e. The average molecular weight is 212 g/mol. The first-order valence-corrected chi connectivity index (χ1v) is 5.90. The van der Waals surface area contributed by atoms with Gasteiger partial charge < -0.3 is 5.73 Å². The third kappa shape index (κ3) is 1.49. The van der Waals surface area contributed by atoms with Gasteiger partial charge in [-0.3, -0.25) is 0 Å². The highest BCUT2D eigenvalue weighted by molar-refractivity contribution is 7.89. The largest absolute Gasteiger partial charge is 0.399 e. The number of rotatable bonds is 2. The Kier molecular flexibility index (Phi) is 2.20. The fraction of sp³-hybridized carbons (Fsp3) is 0.333. The van der Waals surface area contributed by atoms with E-state index >= 15 is 0 Å². The summed E-state index contributed by atoms with van der Waals surface area (Å²) >= 11 is 0. The van der Waals surface area contributed by atoms with Crippen LogP contribution in [0.1, 0.15) is 6.42 Å². The summed E-state index contributed by atoms with van der Waals surface area (Å²) in [6, 6.07) is 6.30. The molecule has 5 heteroatoms. The van der Waals surface area contributed by atoms with E-state index in [0.717, 1.165) is 6.42 Å². The van der Waals surface area contributed by atoms with Crippen LogP contribution in [0.4, 0.5) is 5.69 Å². The summed E-state index contributed by atoms with van der Waals surface area (Å²) in [7, 11) is -3.24. The molecule has 1 heterocycles. The first kappa shape index (κ1) is 9.48. The van der Waals surface area contributed by atoms with Crippen molar-refractivity contribution in [1.82, 2.24) is 4.31 Å².